The van der Waals surface area contributed by atoms with E-state index >= 15 is 0 Å². The first-order chi connectivity index (χ1) is 11.1. The quantitative estimate of drug-likeness (QED) is 0.647. The van der Waals surface area contributed by atoms with Crippen molar-refractivity contribution in [2.24, 2.45) is 0 Å². The number of H-pyrrole nitrogens is 1. The molecule has 1 heterocycles. The molecule has 0 spiro atoms. The summed E-state index contributed by atoms with van der Waals surface area (Å²) in [5.74, 6) is -1.22. The number of imidazole rings is 1. The molecule has 1 aromatic carbocycles. The fourth-order valence-electron chi connectivity index (χ4n) is 1.97. The van der Waals surface area contributed by atoms with E-state index in [4.69, 9.17) is 4.74 Å². The van der Waals surface area contributed by atoms with Crippen molar-refractivity contribution in [1.29, 1.82) is 0 Å². The minimum Gasteiger partial charge on any atom is -0.465 e. The Morgan fingerprint density at radius 2 is 2.09 bits per heavy atom. The third-order valence-electron chi connectivity index (χ3n) is 2.99. The maximum atomic E-state index is 14.6. The van der Waals surface area contributed by atoms with Crippen LogP contribution in [0.3, 0.4) is 0 Å². The van der Waals surface area contributed by atoms with Crippen molar-refractivity contribution in [3.05, 3.63) is 47.7 Å². The second-order valence-corrected chi connectivity index (χ2v) is 4.27. The highest BCUT2D eigenvalue weighted by Gasteiger charge is 2.21. The van der Waals surface area contributed by atoms with Gasteiger partial charge in [0.2, 0.25) is 0 Å². The molecule has 0 amide bonds. The number of carbonyl (C=O) groups excluding carboxylic acids is 1. The molecular formula is C17H22FN3O2. The SMILES string of the molecule is C/C=C\C(=C/C)Nc1c(C(=O)OC)cc2[nH]cnc2c1F.CC. The fraction of sp³-hybridized carbons (Fsp3) is 0.294. The lowest BCUT2D eigenvalue weighted by atomic mass is 10.1. The molecule has 2 N–H and O–H groups in total. The molecule has 5 nitrogen and oxygen atoms in total. The Labute approximate surface area is 135 Å². The van der Waals surface area contributed by atoms with Crippen LogP contribution in [0.1, 0.15) is 38.1 Å². The van der Waals surface area contributed by atoms with E-state index in [2.05, 4.69) is 15.3 Å². The summed E-state index contributed by atoms with van der Waals surface area (Å²) in [4.78, 5) is 18.6. The summed E-state index contributed by atoms with van der Waals surface area (Å²) >= 11 is 0. The number of methoxy groups -OCH3 is 1. The van der Waals surface area contributed by atoms with Crippen molar-refractivity contribution in [2.45, 2.75) is 27.7 Å². The van der Waals surface area contributed by atoms with Gasteiger partial charge in [0, 0.05) is 5.70 Å². The van der Waals surface area contributed by atoms with Crippen molar-refractivity contribution < 1.29 is 13.9 Å². The van der Waals surface area contributed by atoms with E-state index in [1.807, 2.05) is 33.8 Å². The van der Waals surface area contributed by atoms with Crippen LogP contribution in [0.4, 0.5) is 10.1 Å². The highest BCUT2D eigenvalue weighted by molar-refractivity contribution is 6.01. The van der Waals surface area contributed by atoms with Crippen LogP contribution in [0.25, 0.3) is 11.0 Å². The molecule has 6 heteroatoms. The van der Waals surface area contributed by atoms with Crippen LogP contribution in [0.5, 0.6) is 0 Å². The molecule has 0 unspecified atom stereocenters. The molecule has 0 aliphatic rings. The molecule has 0 radical (unpaired) electrons. The lowest BCUT2D eigenvalue weighted by Crippen LogP contribution is -2.10. The molecule has 0 bridgehead atoms. The molecule has 0 aliphatic heterocycles. The summed E-state index contributed by atoms with van der Waals surface area (Å²) in [6.45, 7) is 7.66. The van der Waals surface area contributed by atoms with E-state index in [1.54, 1.807) is 12.2 Å². The Balaban J connectivity index is 0.00000127. The first kappa shape index (κ1) is 18.4. The third kappa shape index (κ3) is 3.97. The standard InChI is InChI=1S/C15H16FN3O2.C2H6/c1-4-6-9(5-2)19-13-10(15(20)21-3)7-11-14(12(13)16)18-8-17-11;1-2/h4-8,19H,1-3H3,(H,17,18);1-2H3/b6-4-,9-5+;. The average molecular weight is 319 g/mol. The van der Waals surface area contributed by atoms with E-state index < -0.39 is 11.8 Å². The number of benzene rings is 1. The Morgan fingerprint density at radius 1 is 1.39 bits per heavy atom. The molecule has 23 heavy (non-hydrogen) atoms. The second kappa shape index (κ2) is 8.73. The molecular weight excluding hydrogens is 297 g/mol. The number of allylic oxidation sites excluding steroid dienone is 3. The number of nitrogens with zero attached hydrogens (tertiary/aromatic N) is 1. The van der Waals surface area contributed by atoms with Gasteiger partial charge in [0.25, 0.3) is 0 Å². The average Bonchev–Trinajstić information content (AvgIpc) is 3.06. The highest BCUT2D eigenvalue weighted by Crippen LogP contribution is 2.29. The highest BCUT2D eigenvalue weighted by atomic mass is 19.1. The van der Waals surface area contributed by atoms with Gasteiger partial charge in [-0.15, -0.1) is 0 Å². The molecule has 2 aromatic rings. The molecule has 0 atom stereocenters. The molecule has 124 valence electrons. The summed E-state index contributed by atoms with van der Waals surface area (Å²) in [7, 11) is 1.25. The van der Waals surface area contributed by atoms with Gasteiger partial charge in [0.1, 0.15) is 5.52 Å². The van der Waals surface area contributed by atoms with Gasteiger partial charge in [-0.2, -0.15) is 0 Å². The van der Waals surface area contributed by atoms with Crippen molar-refractivity contribution in [3.8, 4) is 0 Å². The van der Waals surface area contributed by atoms with Gasteiger partial charge < -0.3 is 15.0 Å². The number of ether oxygens (including phenoxy) is 1. The maximum absolute atomic E-state index is 14.6. The van der Waals surface area contributed by atoms with Gasteiger partial charge in [0.15, 0.2) is 5.82 Å². The number of hydrogen-bond donors (Lipinski definition) is 2. The zero-order valence-corrected chi connectivity index (χ0v) is 14.0. The predicted octanol–water partition coefficient (Wildman–Crippen LogP) is 4.41. The van der Waals surface area contributed by atoms with Crippen LogP contribution in [0, 0.1) is 5.82 Å². The number of rotatable bonds is 4. The van der Waals surface area contributed by atoms with Crippen LogP contribution in [0.2, 0.25) is 0 Å². The monoisotopic (exact) mass is 319 g/mol. The minimum atomic E-state index is -0.621. The number of esters is 1. The molecule has 0 saturated heterocycles. The van der Waals surface area contributed by atoms with Crippen LogP contribution >= 0.6 is 0 Å². The third-order valence-corrected chi connectivity index (χ3v) is 2.99. The van der Waals surface area contributed by atoms with E-state index in [-0.39, 0.29) is 16.8 Å². The van der Waals surface area contributed by atoms with Crippen molar-refractivity contribution in [1.82, 2.24) is 9.97 Å². The number of aromatic nitrogens is 2. The smallest absolute Gasteiger partial charge is 0.340 e. The van der Waals surface area contributed by atoms with E-state index in [1.165, 1.54) is 19.5 Å². The number of hydrogen-bond acceptors (Lipinski definition) is 4. The van der Waals surface area contributed by atoms with Crippen molar-refractivity contribution in [3.63, 3.8) is 0 Å². The van der Waals surface area contributed by atoms with E-state index in [0.717, 1.165) is 0 Å². The lowest BCUT2D eigenvalue weighted by molar-refractivity contribution is 0.0601. The van der Waals surface area contributed by atoms with Crippen LogP contribution in [0.15, 0.2) is 36.3 Å². The van der Waals surface area contributed by atoms with E-state index in [9.17, 15) is 9.18 Å². The number of halogens is 1. The molecule has 0 saturated carbocycles. The summed E-state index contributed by atoms with van der Waals surface area (Å²) in [5, 5.41) is 2.91. The van der Waals surface area contributed by atoms with Gasteiger partial charge in [-0.1, -0.05) is 26.0 Å². The first-order valence-electron chi connectivity index (χ1n) is 7.42. The normalized spacial score (nSPS) is 11.3. The van der Waals surface area contributed by atoms with Crippen molar-refractivity contribution in [2.75, 3.05) is 12.4 Å². The maximum Gasteiger partial charge on any atom is 0.340 e. The summed E-state index contributed by atoms with van der Waals surface area (Å²) < 4.78 is 19.3. The number of anilines is 1. The van der Waals surface area contributed by atoms with Crippen molar-refractivity contribution >= 4 is 22.7 Å². The zero-order chi connectivity index (χ0) is 17.4. The Bertz CT molecular complexity index is 733. The largest absolute Gasteiger partial charge is 0.465 e. The summed E-state index contributed by atoms with van der Waals surface area (Å²) in [5.41, 5.74) is 1.42. The Morgan fingerprint density at radius 3 is 2.65 bits per heavy atom. The van der Waals surface area contributed by atoms with Gasteiger partial charge in [0.05, 0.1) is 30.2 Å². The molecule has 1 aromatic heterocycles. The van der Waals surface area contributed by atoms with Gasteiger partial charge in [-0.3, -0.25) is 0 Å². The van der Waals surface area contributed by atoms with Gasteiger partial charge >= 0.3 is 5.97 Å². The molecule has 0 fully saturated rings. The number of aromatic amines is 1. The molecule has 2 rings (SSSR count). The van der Waals surface area contributed by atoms with Gasteiger partial charge in [-0.05, 0) is 26.0 Å². The number of nitrogens with one attached hydrogen (secondary N) is 2. The lowest BCUT2D eigenvalue weighted by Gasteiger charge is -2.13. The van der Waals surface area contributed by atoms with Gasteiger partial charge in [-0.25, -0.2) is 14.2 Å². The zero-order valence-electron chi connectivity index (χ0n) is 14.0. The second-order valence-electron chi connectivity index (χ2n) is 4.27. The topological polar surface area (TPSA) is 67.0 Å². The first-order valence-corrected chi connectivity index (χ1v) is 7.42. The minimum absolute atomic E-state index is 0.0488. The van der Waals surface area contributed by atoms with Crippen LogP contribution in [-0.4, -0.2) is 23.0 Å². The summed E-state index contributed by atoms with van der Waals surface area (Å²) in [6.07, 6.45) is 6.73. The molecule has 0 aliphatic carbocycles. The Hall–Kier alpha value is -2.63. The summed E-state index contributed by atoms with van der Waals surface area (Å²) in [6, 6.07) is 1.52. The predicted molar refractivity (Wildman–Crippen MR) is 90.9 cm³/mol. The Kier molecular flexibility index (Phi) is 6.99. The fourth-order valence-corrected chi connectivity index (χ4v) is 1.97. The van der Waals surface area contributed by atoms with Crippen LogP contribution < -0.4 is 5.32 Å². The van der Waals surface area contributed by atoms with Crippen LogP contribution in [-0.2, 0) is 4.74 Å². The number of fused-ring (bicyclic) bond motifs is 1. The number of carbonyl (C=O) groups is 1. The van der Waals surface area contributed by atoms with E-state index in [0.29, 0.717) is 11.2 Å².